The molecular formula is C17H24N4O7. The number of benzene rings is 1. The molecule has 0 saturated heterocycles. The number of nitrogens with one attached hydrogen (secondary N) is 3. The number of hydrogen-bond donors (Lipinski definition) is 7. The van der Waals surface area contributed by atoms with Crippen LogP contribution in [0.2, 0.25) is 0 Å². The predicted molar refractivity (Wildman–Crippen MR) is 97.1 cm³/mol. The summed E-state index contributed by atoms with van der Waals surface area (Å²) in [6.07, 6.45) is -0.0715. The molecule has 1 rings (SSSR count). The fourth-order valence-electron chi connectivity index (χ4n) is 2.11. The largest absolute Gasteiger partial charge is 0.508 e. The Morgan fingerprint density at radius 3 is 2.14 bits per heavy atom. The molecule has 1 aromatic carbocycles. The van der Waals surface area contributed by atoms with Crippen molar-refractivity contribution in [2.24, 2.45) is 5.73 Å². The summed E-state index contributed by atoms with van der Waals surface area (Å²) in [6.45, 7) is 0.196. The number of carbonyl (C=O) groups excluding carboxylic acids is 3. The van der Waals surface area contributed by atoms with E-state index in [4.69, 9.17) is 5.73 Å². The molecule has 0 aliphatic carbocycles. The molecule has 11 heteroatoms. The van der Waals surface area contributed by atoms with Crippen molar-refractivity contribution < 1.29 is 34.5 Å². The Labute approximate surface area is 160 Å². The minimum absolute atomic E-state index is 0.0128. The Bertz CT molecular complexity index is 706. The molecule has 0 heterocycles. The van der Waals surface area contributed by atoms with Crippen LogP contribution in [0.25, 0.3) is 0 Å². The summed E-state index contributed by atoms with van der Waals surface area (Å²) in [4.78, 5) is 46.7. The van der Waals surface area contributed by atoms with Crippen LogP contribution in [0.1, 0.15) is 12.5 Å². The Morgan fingerprint density at radius 2 is 1.64 bits per heavy atom. The molecule has 0 saturated carbocycles. The number of aromatic hydroxyl groups is 1. The zero-order chi connectivity index (χ0) is 21.3. The van der Waals surface area contributed by atoms with E-state index >= 15 is 0 Å². The van der Waals surface area contributed by atoms with Crippen LogP contribution in [-0.4, -0.2) is 70.3 Å². The normalized spacial score (nSPS) is 13.7. The number of aliphatic hydroxyl groups excluding tert-OH is 1. The van der Waals surface area contributed by atoms with E-state index in [2.05, 4.69) is 16.0 Å². The Hall–Kier alpha value is -3.18. The lowest BCUT2D eigenvalue weighted by molar-refractivity contribution is -0.142. The van der Waals surface area contributed by atoms with Crippen molar-refractivity contribution >= 4 is 23.7 Å². The number of aliphatic hydroxyl groups is 1. The van der Waals surface area contributed by atoms with E-state index in [1.807, 2.05) is 0 Å². The average molecular weight is 396 g/mol. The first-order chi connectivity index (χ1) is 13.1. The number of phenolic OH excluding ortho intramolecular Hbond substituents is 1. The molecule has 3 atom stereocenters. The van der Waals surface area contributed by atoms with Crippen molar-refractivity contribution in [1.82, 2.24) is 16.0 Å². The molecule has 154 valence electrons. The molecule has 0 fully saturated rings. The van der Waals surface area contributed by atoms with Crippen molar-refractivity contribution in [2.45, 2.75) is 31.5 Å². The van der Waals surface area contributed by atoms with Gasteiger partial charge in [0.2, 0.25) is 17.7 Å². The van der Waals surface area contributed by atoms with Crippen LogP contribution in [0.15, 0.2) is 24.3 Å². The highest BCUT2D eigenvalue weighted by atomic mass is 16.4. The van der Waals surface area contributed by atoms with E-state index in [-0.39, 0.29) is 12.2 Å². The Balaban J connectivity index is 2.65. The van der Waals surface area contributed by atoms with Gasteiger partial charge < -0.3 is 37.0 Å². The number of carboxylic acids is 1. The van der Waals surface area contributed by atoms with Crippen molar-refractivity contribution in [1.29, 1.82) is 0 Å². The number of hydrogen-bond acceptors (Lipinski definition) is 7. The number of carboxylic acid groups (broad SMARTS) is 1. The molecule has 11 nitrogen and oxygen atoms in total. The highest BCUT2D eigenvalue weighted by molar-refractivity contribution is 5.92. The number of nitrogens with two attached hydrogens (primary N) is 1. The molecule has 8 N–H and O–H groups in total. The first-order valence-corrected chi connectivity index (χ1v) is 8.38. The summed E-state index contributed by atoms with van der Waals surface area (Å²) in [5.74, 6) is -3.53. The van der Waals surface area contributed by atoms with Gasteiger partial charge in [0.25, 0.3) is 0 Å². The predicted octanol–water partition coefficient (Wildman–Crippen LogP) is -2.56. The van der Waals surface area contributed by atoms with Gasteiger partial charge in [-0.1, -0.05) is 12.1 Å². The summed E-state index contributed by atoms with van der Waals surface area (Å²) in [5, 5.41) is 34.6. The topological polar surface area (TPSA) is 191 Å². The van der Waals surface area contributed by atoms with Gasteiger partial charge in [0.1, 0.15) is 17.8 Å². The average Bonchev–Trinajstić information content (AvgIpc) is 2.64. The third-order valence-electron chi connectivity index (χ3n) is 3.66. The fraction of sp³-hybridized carbons (Fsp3) is 0.412. The van der Waals surface area contributed by atoms with Gasteiger partial charge in [0.15, 0.2) is 0 Å². The lowest BCUT2D eigenvalue weighted by Crippen LogP contribution is -2.55. The second kappa shape index (κ2) is 10.8. The molecule has 0 aromatic heterocycles. The fourth-order valence-corrected chi connectivity index (χ4v) is 2.11. The lowest BCUT2D eigenvalue weighted by Gasteiger charge is -2.20. The molecule has 28 heavy (non-hydrogen) atoms. The minimum Gasteiger partial charge on any atom is -0.508 e. The van der Waals surface area contributed by atoms with E-state index in [9.17, 15) is 34.5 Å². The van der Waals surface area contributed by atoms with Crippen LogP contribution in [0, 0.1) is 0 Å². The van der Waals surface area contributed by atoms with E-state index in [1.54, 1.807) is 0 Å². The van der Waals surface area contributed by atoms with E-state index in [0.717, 1.165) is 0 Å². The van der Waals surface area contributed by atoms with Crippen LogP contribution < -0.4 is 21.7 Å². The second-order valence-electron chi connectivity index (χ2n) is 6.08. The SMILES string of the molecule is CC(N)C(=O)NCC(=O)NC(CO)C(=O)NC(Cc1ccc(O)cc1)C(=O)O. The highest BCUT2D eigenvalue weighted by Gasteiger charge is 2.26. The molecule has 0 radical (unpaired) electrons. The van der Waals surface area contributed by atoms with Crippen molar-refractivity contribution in [3.8, 4) is 5.75 Å². The highest BCUT2D eigenvalue weighted by Crippen LogP contribution is 2.11. The Morgan fingerprint density at radius 1 is 1.04 bits per heavy atom. The van der Waals surface area contributed by atoms with Crippen LogP contribution in [0.3, 0.4) is 0 Å². The maximum absolute atomic E-state index is 12.2. The summed E-state index contributed by atoms with van der Waals surface area (Å²) in [5.41, 5.74) is 5.88. The smallest absolute Gasteiger partial charge is 0.326 e. The standard InChI is InChI=1S/C17H24N4O7/c1-9(18)15(25)19-7-14(24)20-13(8-22)16(26)21-12(17(27)28)6-10-2-4-11(23)5-3-10/h2-5,9,12-13,22-23H,6-8,18H2,1H3,(H,19,25)(H,20,24)(H,21,26)(H,27,28). The quantitative estimate of drug-likeness (QED) is 0.225. The van der Waals surface area contributed by atoms with Gasteiger partial charge in [-0.15, -0.1) is 0 Å². The van der Waals surface area contributed by atoms with Crippen molar-refractivity contribution in [2.75, 3.05) is 13.2 Å². The summed E-state index contributed by atoms with van der Waals surface area (Å²) >= 11 is 0. The first-order valence-electron chi connectivity index (χ1n) is 8.38. The van der Waals surface area contributed by atoms with Gasteiger partial charge in [-0.2, -0.15) is 0 Å². The van der Waals surface area contributed by atoms with Crippen LogP contribution >= 0.6 is 0 Å². The zero-order valence-electron chi connectivity index (χ0n) is 15.2. The first kappa shape index (κ1) is 22.9. The molecule has 1 aromatic rings. The van der Waals surface area contributed by atoms with Crippen molar-refractivity contribution in [3.63, 3.8) is 0 Å². The monoisotopic (exact) mass is 396 g/mol. The van der Waals surface area contributed by atoms with Crippen LogP contribution in [0.4, 0.5) is 0 Å². The maximum atomic E-state index is 12.2. The number of rotatable bonds is 10. The number of amides is 3. The number of carbonyl (C=O) groups is 4. The summed E-state index contributed by atoms with van der Waals surface area (Å²) in [6, 6.07) is 2.23. The molecule has 0 aliphatic rings. The molecule has 0 aliphatic heterocycles. The van der Waals surface area contributed by atoms with Gasteiger partial charge in [0, 0.05) is 6.42 Å². The van der Waals surface area contributed by atoms with Gasteiger partial charge in [-0.25, -0.2) is 4.79 Å². The van der Waals surface area contributed by atoms with Gasteiger partial charge in [-0.05, 0) is 24.6 Å². The summed E-state index contributed by atoms with van der Waals surface area (Å²) < 4.78 is 0. The van der Waals surface area contributed by atoms with E-state index in [1.165, 1.54) is 31.2 Å². The van der Waals surface area contributed by atoms with Gasteiger partial charge in [0.05, 0.1) is 19.2 Å². The van der Waals surface area contributed by atoms with Crippen LogP contribution in [0.5, 0.6) is 5.75 Å². The molecule has 3 unspecified atom stereocenters. The molecular weight excluding hydrogens is 372 g/mol. The molecule has 0 spiro atoms. The zero-order valence-corrected chi connectivity index (χ0v) is 15.2. The molecule has 3 amide bonds. The van der Waals surface area contributed by atoms with Gasteiger partial charge >= 0.3 is 5.97 Å². The van der Waals surface area contributed by atoms with E-state index in [0.29, 0.717) is 5.56 Å². The maximum Gasteiger partial charge on any atom is 0.326 e. The number of phenols is 1. The third-order valence-corrected chi connectivity index (χ3v) is 3.66. The lowest BCUT2D eigenvalue weighted by atomic mass is 10.1. The van der Waals surface area contributed by atoms with Crippen LogP contribution in [-0.2, 0) is 25.6 Å². The second-order valence-corrected chi connectivity index (χ2v) is 6.08. The van der Waals surface area contributed by atoms with Gasteiger partial charge in [-0.3, -0.25) is 14.4 Å². The number of aliphatic carboxylic acids is 1. The van der Waals surface area contributed by atoms with E-state index < -0.39 is 55.0 Å². The Kier molecular flexibility index (Phi) is 8.85. The molecule has 0 bridgehead atoms. The van der Waals surface area contributed by atoms with Crippen molar-refractivity contribution in [3.05, 3.63) is 29.8 Å². The minimum atomic E-state index is -1.40. The third kappa shape index (κ3) is 7.60. The summed E-state index contributed by atoms with van der Waals surface area (Å²) in [7, 11) is 0.